The van der Waals surface area contributed by atoms with Crippen molar-refractivity contribution >= 4 is 28.2 Å². The highest BCUT2D eigenvalue weighted by molar-refractivity contribution is 5.85. The van der Waals surface area contributed by atoms with Crippen molar-refractivity contribution in [3.8, 4) is 22.3 Å². The molecule has 7 aliphatic carbocycles. The number of imidazole rings is 2. The van der Waals surface area contributed by atoms with Crippen LogP contribution in [0.3, 0.4) is 0 Å². The van der Waals surface area contributed by atoms with Crippen LogP contribution in [0.4, 0.5) is 4.79 Å². The summed E-state index contributed by atoms with van der Waals surface area (Å²) in [4.78, 5) is 32.8. The number of aromatic amines is 2. The fourth-order valence-electron chi connectivity index (χ4n) is 10.3. The predicted molar refractivity (Wildman–Crippen MR) is 218 cm³/mol. The number of benzene rings is 4. The van der Waals surface area contributed by atoms with Crippen molar-refractivity contribution in [1.29, 1.82) is 0 Å². The van der Waals surface area contributed by atoms with Gasteiger partial charge in [0.05, 0.1) is 28.1 Å². The molecule has 1 aliphatic heterocycles. The molecule has 2 atom stereocenters. The van der Waals surface area contributed by atoms with Gasteiger partial charge >= 0.3 is 6.09 Å². The third-order valence-corrected chi connectivity index (χ3v) is 13.8. The van der Waals surface area contributed by atoms with E-state index >= 15 is 0 Å². The molecule has 6 aromatic rings. The van der Waals surface area contributed by atoms with Crippen molar-refractivity contribution in [3.05, 3.63) is 107 Å². The van der Waals surface area contributed by atoms with Crippen LogP contribution in [0, 0.1) is 10.8 Å². The fraction of sp³-hybridized carbons (Fsp3) is 0.438. The Morgan fingerprint density at radius 3 is 1.84 bits per heavy atom. The molecule has 3 saturated carbocycles. The van der Waals surface area contributed by atoms with Gasteiger partial charge in [-0.3, -0.25) is 4.90 Å². The van der Waals surface area contributed by atoms with Gasteiger partial charge in [0.15, 0.2) is 0 Å². The molecule has 1 amide bonds. The molecule has 4 fully saturated rings. The highest BCUT2D eigenvalue weighted by Crippen LogP contribution is 2.61. The number of aryl methyl sites for hydroxylation is 4. The first-order chi connectivity index (χ1) is 26.6. The van der Waals surface area contributed by atoms with Gasteiger partial charge in [-0.15, -0.1) is 0 Å². The molecular weight excluding hydrogens is 679 g/mol. The van der Waals surface area contributed by atoms with Gasteiger partial charge < -0.3 is 14.7 Å². The summed E-state index contributed by atoms with van der Waals surface area (Å²) >= 11 is 0. The van der Waals surface area contributed by atoms with E-state index in [0.29, 0.717) is 11.3 Å². The van der Waals surface area contributed by atoms with E-state index in [1.165, 1.54) is 95.3 Å². The first-order valence-electron chi connectivity index (χ1n) is 20.8. The van der Waals surface area contributed by atoms with Crippen LogP contribution in [0.15, 0.2) is 72.8 Å². The lowest BCUT2D eigenvalue weighted by atomic mass is 9.87. The number of rotatable bonds is 4. The van der Waals surface area contributed by atoms with Crippen molar-refractivity contribution in [1.82, 2.24) is 24.8 Å². The van der Waals surface area contributed by atoms with E-state index in [1.807, 2.05) is 25.7 Å². The molecule has 280 valence electrons. The maximum absolute atomic E-state index is 13.3. The summed E-state index contributed by atoms with van der Waals surface area (Å²) < 4.78 is 5.85. The molecule has 2 N–H and O–H groups in total. The predicted octanol–water partition coefficient (Wildman–Crippen LogP) is 11.2. The highest BCUT2D eigenvalue weighted by atomic mass is 16.6. The SMILES string of the molecule is CC(C)(C)OC(=O)N1CC2(CC2)CC1c1nc2ccc(-c3cc4ccc3CCc3ccc(c(-c5ccc6nc([C@H]7CCC8(CC8)C7)[nH]c6c5)c3)CC4)cc2[nH]1. The number of amides is 1. The molecule has 14 rings (SSSR count). The van der Waals surface area contributed by atoms with Crippen molar-refractivity contribution in [2.24, 2.45) is 10.8 Å². The first-order valence-corrected chi connectivity index (χ1v) is 20.8. The quantitative estimate of drug-likeness (QED) is 0.189. The van der Waals surface area contributed by atoms with Gasteiger partial charge in [0.25, 0.3) is 0 Å². The molecule has 7 heteroatoms. The zero-order chi connectivity index (χ0) is 37.1. The number of aromatic nitrogens is 4. The Morgan fingerprint density at radius 1 is 0.691 bits per heavy atom. The maximum atomic E-state index is 13.3. The molecule has 4 bridgehead atoms. The lowest BCUT2D eigenvalue weighted by molar-refractivity contribution is 0.0212. The Kier molecular flexibility index (Phi) is 7.32. The standard InChI is InChI=1S/C48H51N5O2/c1-46(2,3)55-45(54)53-28-48(20-21-48)27-42(53)44-50-39-15-13-34(25-41(39)52-44)37-23-30-5-9-31-8-4-29(6-10-32(37)11-7-30)22-36(31)33-12-14-38-40(24-33)51-43(49-38)35-16-17-47(26-35)18-19-47/h4,7-8,11-15,22-25,35,42H,5-6,9-10,16-21,26-28H2,1-3H3,(H,49,51)(H,50,52)/t35-,42?/m0/s1. The number of nitrogens with zero attached hydrogens (tertiary/aromatic N) is 3. The lowest BCUT2D eigenvalue weighted by Gasteiger charge is -2.27. The summed E-state index contributed by atoms with van der Waals surface area (Å²) in [7, 11) is 0. The molecule has 1 unspecified atom stereocenters. The minimum atomic E-state index is -0.534. The van der Waals surface area contributed by atoms with E-state index in [4.69, 9.17) is 14.7 Å². The number of fused-ring (bicyclic) bond motifs is 2. The Balaban J connectivity index is 0.867. The van der Waals surface area contributed by atoms with Crippen LogP contribution in [-0.2, 0) is 30.4 Å². The molecular formula is C48H51N5O2. The molecule has 0 radical (unpaired) electrons. The fourth-order valence-corrected chi connectivity index (χ4v) is 10.3. The second kappa shape index (κ2) is 12.0. The average molecular weight is 730 g/mol. The number of carbonyl (C=O) groups excluding carboxylic acids is 1. The van der Waals surface area contributed by atoms with Crippen molar-refractivity contribution in [2.45, 2.75) is 115 Å². The van der Waals surface area contributed by atoms with E-state index in [2.05, 4.69) is 82.8 Å². The summed E-state index contributed by atoms with van der Waals surface area (Å²) in [6.45, 7) is 6.55. The van der Waals surface area contributed by atoms with Gasteiger partial charge in [0.2, 0.25) is 0 Å². The van der Waals surface area contributed by atoms with Gasteiger partial charge in [-0.25, -0.2) is 14.8 Å². The summed E-state index contributed by atoms with van der Waals surface area (Å²) in [5, 5.41) is 0. The van der Waals surface area contributed by atoms with E-state index in [9.17, 15) is 4.79 Å². The molecule has 55 heavy (non-hydrogen) atoms. The maximum Gasteiger partial charge on any atom is 0.410 e. The minimum Gasteiger partial charge on any atom is -0.444 e. The molecule has 1 saturated heterocycles. The Morgan fingerprint density at radius 2 is 1.27 bits per heavy atom. The van der Waals surface area contributed by atoms with Crippen molar-refractivity contribution in [3.63, 3.8) is 0 Å². The zero-order valence-corrected chi connectivity index (χ0v) is 32.4. The Hall–Kier alpha value is -4.91. The normalized spacial score (nSPS) is 22.2. The van der Waals surface area contributed by atoms with Gasteiger partial charge in [0.1, 0.15) is 17.2 Å². The summed E-state index contributed by atoms with van der Waals surface area (Å²) in [5.74, 6) is 2.65. The number of nitrogens with one attached hydrogen (secondary N) is 2. The number of ether oxygens (including phenoxy) is 1. The van der Waals surface area contributed by atoms with Gasteiger partial charge in [-0.2, -0.15) is 0 Å². The van der Waals surface area contributed by atoms with Gasteiger partial charge in [-0.05, 0) is 177 Å². The van der Waals surface area contributed by atoms with E-state index in [-0.39, 0.29) is 17.6 Å². The molecule has 3 heterocycles. The first kappa shape index (κ1) is 33.4. The zero-order valence-electron chi connectivity index (χ0n) is 32.4. The number of hydrogen-bond donors (Lipinski definition) is 2. The minimum absolute atomic E-state index is 0.0979. The number of carbonyl (C=O) groups is 1. The Labute approximate surface area is 323 Å². The summed E-state index contributed by atoms with van der Waals surface area (Å²) in [5.41, 5.74) is 15.2. The third-order valence-electron chi connectivity index (χ3n) is 13.8. The van der Waals surface area contributed by atoms with Crippen LogP contribution in [0.5, 0.6) is 0 Å². The van der Waals surface area contributed by atoms with Crippen LogP contribution in [0.1, 0.15) is 118 Å². The van der Waals surface area contributed by atoms with Gasteiger partial charge in [0, 0.05) is 12.5 Å². The average Bonchev–Trinajstić information content (AvgIpc) is 3.79. The molecule has 8 aliphatic rings. The second-order valence-electron chi connectivity index (χ2n) is 19.0. The number of likely N-dealkylation sites (tertiary alicyclic amines) is 1. The summed E-state index contributed by atoms with van der Waals surface area (Å²) in [6.07, 6.45) is 13.7. The smallest absolute Gasteiger partial charge is 0.410 e. The monoisotopic (exact) mass is 729 g/mol. The van der Waals surface area contributed by atoms with Crippen molar-refractivity contribution < 1.29 is 9.53 Å². The summed E-state index contributed by atoms with van der Waals surface area (Å²) in [6, 6.07) is 27.7. The van der Waals surface area contributed by atoms with E-state index in [0.717, 1.165) is 66.5 Å². The number of H-pyrrole nitrogens is 2. The topological polar surface area (TPSA) is 86.9 Å². The van der Waals surface area contributed by atoms with Crippen LogP contribution in [0.2, 0.25) is 0 Å². The second-order valence-corrected chi connectivity index (χ2v) is 19.0. The van der Waals surface area contributed by atoms with Crippen LogP contribution < -0.4 is 0 Å². The lowest BCUT2D eigenvalue weighted by Crippen LogP contribution is -2.37. The molecule has 2 aromatic heterocycles. The van der Waals surface area contributed by atoms with Crippen LogP contribution in [-0.4, -0.2) is 43.1 Å². The van der Waals surface area contributed by atoms with Crippen LogP contribution >= 0.6 is 0 Å². The highest BCUT2D eigenvalue weighted by Gasteiger charge is 2.55. The number of hydrogen-bond acceptors (Lipinski definition) is 4. The van der Waals surface area contributed by atoms with E-state index in [1.54, 1.807) is 0 Å². The molecule has 4 aromatic carbocycles. The largest absolute Gasteiger partial charge is 0.444 e. The van der Waals surface area contributed by atoms with Crippen LogP contribution in [0.25, 0.3) is 44.3 Å². The van der Waals surface area contributed by atoms with Crippen molar-refractivity contribution in [2.75, 3.05) is 6.54 Å². The Bertz CT molecular complexity index is 2510. The molecule has 7 nitrogen and oxygen atoms in total. The molecule has 2 spiro atoms. The third kappa shape index (κ3) is 6.15. The van der Waals surface area contributed by atoms with E-state index < -0.39 is 5.60 Å². The van der Waals surface area contributed by atoms with Gasteiger partial charge in [-0.1, -0.05) is 48.5 Å².